The average Bonchev–Trinajstić information content (AvgIpc) is 1.69. The Hall–Kier alpha value is 0.740. The maximum atomic E-state index is 4.67. The van der Waals surface area contributed by atoms with Gasteiger partial charge in [0.05, 0.1) is 0 Å². The molecule has 3 nitrogen and oxygen atoms in total. The molecule has 7 heavy (non-hydrogen) atoms. The third kappa shape index (κ3) is 6.74. The van der Waals surface area contributed by atoms with Crippen LogP contribution < -0.4 is 5.64 Å². The zero-order chi connectivity index (χ0) is 5.54. The summed E-state index contributed by atoms with van der Waals surface area (Å²) in [6.45, 7) is 2.03. The van der Waals surface area contributed by atoms with E-state index in [1.54, 1.807) is 0 Å². The summed E-state index contributed by atoms with van der Waals surface area (Å²) in [7, 11) is 2.49. The van der Waals surface area contributed by atoms with Crippen LogP contribution in [-0.2, 0) is 9.25 Å². The standard InChI is InChI=1S/C2H9NO2P2/c1-2-7-5-3-4-6/h3,7H,2,6H2,1H3. The molecule has 0 aromatic rings. The molecule has 0 bridgehead atoms. The molecule has 2 unspecified atom stereocenters. The zero-order valence-corrected chi connectivity index (χ0v) is 6.26. The molecule has 0 spiro atoms. The first kappa shape index (κ1) is 7.74. The van der Waals surface area contributed by atoms with Crippen molar-refractivity contribution < 1.29 is 9.25 Å². The first-order valence-electron chi connectivity index (χ1n) is 1.91. The summed E-state index contributed by atoms with van der Waals surface area (Å²) in [5.41, 5.74) is 2.22. The fourth-order valence-electron chi connectivity index (χ4n) is 0.126. The van der Waals surface area contributed by atoms with E-state index in [-0.39, 0.29) is 0 Å². The van der Waals surface area contributed by atoms with Gasteiger partial charge in [-0.15, -0.1) is 0 Å². The molecule has 0 amide bonds. The van der Waals surface area contributed by atoms with Crippen LogP contribution in [0.1, 0.15) is 6.92 Å². The van der Waals surface area contributed by atoms with E-state index < -0.39 is 0 Å². The van der Waals surface area contributed by atoms with E-state index in [0.717, 1.165) is 6.16 Å². The van der Waals surface area contributed by atoms with Crippen LogP contribution in [0.5, 0.6) is 0 Å². The minimum Gasteiger partial charge on any atom is -0.261 e. The lowest BCUT2D eigenvalue weighted by atomic mass is 11.0. The molecule has 44 valence electrons. The van der Waals surface area contributed by atoms with E-state index >= 15 is 0 Å². The normalized spacial score (nSPS) is 11.1. The smallest absolute Gasteiger partial charge is 0.0429 e. The van der Waals surface area contributed by atoms with Gasteiger partial charge in [0.15, 0.2) is 0 Å². The Morgan fingerprint density at radius 1 is 1.86 bits per heavy atom. The molecular formula is C2H9NO2P2. The second-order valence-corrected chi connectivity index (χ2v) is 2.24. The second kappa shape index (κ2) is 6.74. The molecule has 0 saturated carbocycles. The lowest BCUT2D eigenvalue weighted by Crippen LogP contribution is -2.01. The van der Waals surface area contributed by atoms with Crippen molar-refractivity contribution in [1.29, 1.82) is 0 Å². The first-order chi connectivity index (χ1) is 3.41. The van der Waals surface area contributed by atoms with Gasteiger partial charge in [0, 0.05) is 18.3 Å². The van der Waals surface area contributed by atoms with Crippen LogP contribution in [0.4, 0.5) is 0 Å². The molecule has 0 radical (unpaired) electrons. The van der Waals surface area contributed by atoms with Crippen molar-refractivity contribution in [2.75, 3.05) is 6.16 Å². The van der Waals surface area contributed by atoms with E-state index in [0.29, 0.717) is 8.81 Å². The minimum atomic E-state index is 0.472. The van der Waals surface area contributed by atoms with E-state index in [2.05, 4.69) is 14.9 Å². The summed E-state index contributed by atoms with van der Waals surface area (Å²) in [5, 5.41) is 0. The Labute approximate surface area is 47.2 Å². The highest BCUT2D eigenvalue weighted by Gasteiger charge is 1.76. The predicted molar refractivity (Wildman–Crippen MR) is 33.9 cm³/mol. The highest BCUT2D eigenvalue weighted by Crippen LogP contribution is 2.06. The summed E-state index contributed by atoms with van der Waals surface area (Å²) in [5.74, 6) is 0. The van der Waals surface area contributed by atoms with Crippen LogP contribution in [0.25, 0.3) is 0 Å². The van der Waals surface area contributed by atoms with Gasteiger partial charge in [0.2, 0.25) is 0 Å². The lowest BCUT2D eigenvalue weighted by molar-refractivity contribution is 0.0113. The van der Waals surface area contributed by atoms with Crippen LogP contribution >= 0.6 is 18.3 Å². The maximum Gasteiger partial charge on any atom is 0.0429 e. The topological polar surface area (TPSA) is 30.5 Å². The Morgan fingerprint density at radius 2 is 2.57 bits per heavy atom. The summed E-state index contributed by atoms with van der Waals surface area (Å²) in [6, 6.07) is 0. The third-order valence-corrected chi connectivity index (χ3v) is 0.919. The van der Waals surface area contributed by atoms with Gasteiger partial charge in [-0.3, -0.25) is 9.25 Å². The molecule has 0 saturated heterocycles. The number of hydrogen-bond donors (Lipinski definition) is 1. The molecule has 0 aliphatic heterocycles. The van der Waals surface area contributed by atoms with Crippen molar-refractivity contribution in [2.45, 2.75) is 6.92 Å². The third-order valence-electron chi connectivity index (χ3n) is 0.306. The van der Waals surface area contributed by atoms with Crippen molar-refractivity contribution in [2.24, 2.45) is 0 Å². The van der Waals surface area contributed by atoms with Crippen LogP contribution in [0.15, 0.2) is 0 Å². The minimum absolute atomic E-state index is 0.472. The second-order valence-electron chi connectivity index (χ2n) is 0.801. The number of hydrogen-bond acceptors (Lipinski definition) is 3. The molecule has 1 N–H and O–H groups in total. The summed E-state index contributed by atoms with van der Waals surface area (Å²) < 4.78 is 8.96. The molecule has 2 atom stereocenters. The van der Waals surface area contributed by atoms with Crippen molar-refractivity contribution in [3.05, 3.63) is 0 Å². The zero-order valence-electron chi connectivity index (χ0n) is 4.10. The fraction of sp³-hybridized carbons (Fsp3) is 1.00. The average molecular weight is 141 g/mol. The van der Waals surface area contributed by atoms with Crippen LogP contribution in [0.3, 0.4) is 0 Å². The molecule has 0 heterocycles. The first-order valence-corrected chi connectivity index (χ1v) is 3.50. The van der Waals surface area contributed by atoms with Gasteiger partial charge in [-0.2, -0.15) is 0 Å². The summed E-state index contributed by atoms with van der Waals surface area (Å²) >= 11 is 0. The van der Waals surface area contributed by atoms with Crippen LogP contribution in [0, 0.1) is 0 Å². The number of rotatable bonds is 4. The van der Waals surface area contributed by atoms with Crippen molar-refractivity contribution in [3.8, 4) is 0 Å². The molecule has 0 aromatic heterocycles. The van der Waals surface area contributed by atoms with E-state index in [9.17, 15) is 0 Å². The largest absolute Gasteiger partial charge is 0.261 e. The molecule has 0 rings (SSSR count). The quantitative estimate of drug-likeness (QED) is 0.357. The Balaban J connectivity index is 2.45. The van der Waals surface area contributed by atoms with Crippen molar-refractivity contribution in [1.82, 2.24) is 5.64 Å². The molecule has 0 aromatic carbocycles. The molecule has 0 aliphatic carbocycles. The molecule has 0 fully saturated rings. The monoisotopic (exact) mass is 141 g/mol. The van der Waals surface area contributed by atoms with Crippen molar-refractivity contribution in [3.63, 3.8) is 0 Å². The Kier molecular flexibility index (Phi) is 7.45. The summed E-state index contributed by atoms with van der Waals surface area (Å²) in [4.78, 5) is 0. The van der Waals surface area contributed by atoms with Gasteiger partial charge < -0.3 is 0 Å². The van der Waals surface area contributed by atoms with Gasteiger partial charge >= 0.3 is 0 Å². The lowest BCUT2D eigenvalue weighted by Gasteiger charge is -1.96. The maximum absolute atomic E-state index is 4.67. The highest BCUT2D eigenvalue weighted by atomic mass is 31.1. The van der Waals surface area contributed by atoms with Crippen LogP contribution in [-0.4, -0.2) is 6.16 Å². The van der Waals surface area contributed by atoms with E-state index in [4.69, 9.17) is 0 Å². The number of nitrogens with one attached hydrogen (secondary N) is 1. The molecule has 0 aliphatic rings. The summed E-state index contributed by atoms with van der Waals surface area (Å²) in [6.07, 6.45) is 1.01. The van der Waals surface area contributed by atoms with Gasteiger partial charge in [-0.25, -0.2) is 0 Å². The Bertz CT molecular complexity index is 32.9. The molecule has 5 heteroatoms. The highest BCUT2D eigenvalue weighted by molar-refractivity contribution is 7.32. The van der Waals surface area contributed by atoms with E-state index in [1.165, 1.54) is 0 Å². The van der Waals surface area contributed by atoms with Crippen LogP contribution in [0.2, 0.25) is 0 Å². The SMILES string of the molecule is CCPONOP. The van der Waals surface area contributed by atoms with Gasteiger partial charge in [-0.05, 0) is 6.16 Å². The fourth-order valence-corrected chi connectivity index (χ4v) is 0.521. The van der Waals surface area contributed by atoms with Gasteiger partial charge in [-0.1, -0.05) is 12.6 Å². The van der Waals surface area contributed by atoms with Gasteiger partial charge in [0.1, 0.15) is 0 Å². The molecular weight excluding hydrogens is 132 g/mol. The van der Waals surface area contributed by atoms with Gasteiger partial charge in [0.25, 0.3) is 0 Å². The Morgan fingerprint density at radius 3 is 3.00 bits per heavy atom. The van der Waals surface area contributed by atoms with E-state index in [1.807, 2.05) is 16.4 Å². The predicted octanol–water partition coefficient (Wildman–Crippen LogP) is 0.843. The van der Waals surface area contributed by atoms with Crippen molar-refractivity contribution >= 4 is 18.3 Å².